The lowest BCUT2D eigenvalue weighted by Crippen LogP contribution is -2.25. The Balaban J connectivity index is 1.40. The fourth-order valence-corrected chi connectivity index (χ4v) is 3.28. The normalized spacial score (nSPS) is 12.0. The zero-order chi connectivity index (χ0) is 21.1. The van der Waals surface area contributed by atoms with E-state index in [2.05, 4.69) is 39.8 Å². The molecule has 9 heteroatoms. The Morgan fingerprint density at radius 2 is 1.97 bits per heavy atom. The van der Waals surface area contributed by atoms with Crippen molar-refractivity contribution in [1.82, 2.24) is 19.6 Å². The van der Waals surface area contributed by atoms with Crippen LogP contribution in [-0.4, -0.2) is 30.4 Å². The van der Waals surface area contributed by atoms with Gasteiger partial charge < -0.3 is 5.32 Å². The molecule has 0 radical (unpaired) electrons. The van der Waals surface area contributed by atoms with Crippen molar-refractivity contribution in [2.45, 2.75) is 20.0 Å². The summed E-state index contributed by atoms with van der Waals surface area (Å²) in [4.78, 5) is 22.7. The van der Waals surface area contributed by atoms with Crippen LogP contribution in [0.3, 0.4) is 0 Å². The molecule has 152 valence electrons. The van der Waals surface area contributed by atoms with Crippen molar-refractivity contribution in [3.63, 3.8) is 0 Å². The van der Waals surface area contributed by atoms with Gasteiger partial charge >= 0.3 is 5.69 Å². The van der Waals surface area contributed by atoms with E-state index >= 15 is 0 Å². The summed E-state index contributed by atoms with van der Waals surface area (Å²) in [6.07, 6.45) is 4.29. The number of hydrogen-bond donors (Lipinski definition) is 1. The molecular weight excluding hydrogens is 384 g/mol. The molecule has 2 aromatic carbocycles. The van der Waals surface area contributed by atoms with Gasteiger partial charge in [0.25, 0.3) is 0 Å². The molecule has 0 aliphatic carbocycles. The van der Waals surface area contributed by atoms with Crippen molar-refractivity contribution in [3.05, 3.63) is 82.8 Å². The minimum Gasteiger partial charge on any atom is -0.309 e. The van der Waals surface area contributed by atoms with Gasteiger partial charge in [-0.1, -0.05) is 49.4 Å². The standard InChI is InChI=1S/C21H20N6O3/c1-15(12-26-14-18(11-22-26)27(29)30)21(28)23-20-9-10-25(24-20)13-17-7-4-6-16-5-2-3-8-19(16)17/h2-11,14-15H,12-13H2,1H3,(H,23,24,28). The Bertz CT molecular complexity index is 1210. The molecule has 2 aromatic heterocycles. The molecule has 0 spiro atoms. The third-order valence-electron chi connectivity index (χ3n) is 4.84. The summed E-state index contributed by atoms with van der Waals surface area (Å²) < 4.78 is 3.17. The molecule has 1 atom stereocenters. The second-order valence-electron chi connectivity index (χ2n) is 7.10. The van der Waals surface area contributed by atoms with E-state index in [4.69, 9.17) is 0 Å². The highest BCUT2D eigenvalue weighted by Crippen LogP contribution is 2.19. The van der Waals surface area contributed by atoms with Crippen LogP contribution in [0.5, 0.6) is 0 Å². The first-order valence-electron chi connectivity index (χ1n) is 9.47. The summed E-state index contributed by atoms with van der Waals surface area (Å²) in [7, 11) is 0. The van der Waals surface area contributed by atoms with E-state index in [1.165, 1.54) is 27.8 Å². The SMILES string of the molecule is CC(Cn1cc([N+](=O)[O-])cn1)C(=O)Nc1ccn(Cc2cccc3ccccc23)n1. The van der Waals surface area contributed by atoms with Crippen molar-refractivity contribution < 1.29 is 9.72 Å². The number of nitro groups is 1. The van der Waals surface area contributed by atoms with Crippen LogP contribution in [-0.2, 0) is 17.9 Å². The van der Waals surface area contributed by atoms with Gasteiger partial charge in [-0.25, -0.2) is 0 Å². The monoisotopic (exact) mass is 404 g/mol. The van der Waals surface area contributed by atoms with Crippen LogP contribution >= 0.6 is 0 Å². The molecule has 9 nitrogen and oxygen atoms in total. The third-order valence-corrected chi connectivity index (χ3v) is 4.84. The second kappa shape index (κ2) is 8.16. The Morgan fingerprint density at radius 1 is 1.17 bits per heavy atom. The summed E-state index contributed by atoms with van der Waals surface area (Å²) in [5.74, 6) is -0.213. The van der Waals surface area contributed by atoms with E-state index in [0.29, 0.717) is 12.4 Å². The van der Waals surface area contributed by atoms with E-state index < -0.39 is 10.8 Å². The molecule has 2 heterocycles. The van der Waals surface area contributed by atoms with E-state index in [1.807, 2.05) is 24.4 Å². The minimum atomic E-state index is -0.517. The molecule has 1 N–H and O–H groups in total. The molecule has 4 aromatic rings. The number of carbonyl (C=O) groups is 1. The number of aromatic nitrogens is 4. The van der Waals surface area contributed by atoms with E-state index in [0.717, 1.165) is 5.56 Å². The Morgan fingerprint density at radius 3 is 2.77 bits per heavy atom. The zero-order valence-corrected chi connectivity index (χ0v) is 16.3. The average molecular weight is 404 g/mol. The molecule has 0 aliphatic rings. The highest BCUT2D eigenvalue weighted by Gasteiger charge is 2.17. The van der Waals surface area contributed by atoms with Gasteiger partial charge in [0.2, 0.25) is 5.91 Å². The van der Waals surface area contributed by atoms with Crippen LogP contribution in [0.25, 0.3) is 10.8 Å². The number of nitrogens with one attached hydrogen (secondary N) is 1. The molecule has 30 heavy (non-hydrogen) atoms. The second-order valence-corrected chi connectivity index (χ2v) is 7.10. The Hall–Kier alpha value is -4.01. The van der Waals surface area contributed by atoms with Gasteiger partial charge in [0.15, 0.2) is 5.82 Å². The summed E-state index contributed by atoms with van der Waals surface area (Å²) in [6, 6.07) is 16.1. The number of hydrogen-bond acceptors (Lipinski definition) is 5. The van der Waals surface area contributed by atoms with Gasteiger partial charge in [0, 0.05) is 12.3 Å². The fraction of sp³-hybridized carbons (Fsp3) is 0.190. The van der Waals surface area contributed by atoms with Gasteiger partial charge in [-0.05, 0) is 16.3 Å². The fourth-order valence-electron chi connectivity index (χ4n) is 3.28. The number of nitrogens with zero attached hydrogens (tertiary/aromatic N) is 5. The molecular formula is C21H20N6O3. The Kier molecular flexibility index (Phi) is 5.25. The van der Waals surface area contributed by atoms with Crippen molar-refractivity contribution in [3.8, 4) is 0 Å². The molecule has 0 saturated carbocycles. The molecule has 1 amide bonds. The minimum absolute atomic E-state index is 0.102. The molecule has 0 aliphatic heterocycles. The first-order valence-corrected chi connectivity index (χ1v) is 9.47. The number of rotatable bonds is 7. The van der Waals surface area contributed by atoms with Crippen LogP contribution < -0.4 is 5.32 Å². The van der Waals surface area contributed by atoms with Crippen molar-refractivity contribution in [2.75, 3.05) is 5.32 Å². The molecule has 0 bridgehead atoms. The highest BCUT2D eigenvalue weighted by molar-refractivity contribution is 5.91. The van der Waals surface area contributed by atoms with Gasteiger partial charge in [-0.3, -0.25) is 24.3 Å². The quantitative estimate of drug-likeness (QED) is 0.375. The van der Waals surface area contributed by atoms with Crippen LogP contribution in [0.4, 0.5) is 11.5 Å². The van der Waals surface area contributed by atoms with E-state index in [9.17, 15) is 14.9 Å². The number of anilines is 1. The van der Waals surface area contributed by atoms with Crippen LogP contribution in [0.2, 0.25) is 0 Å². The zero-order valence-electron chi connectivity index (χ0n) is 16.3. The summed E-state index contributed by atoms with van der Waals surface area (Å²) in [6.45, 7) is 2.55. The first-order chi connectivity index (χ1) is 14.5. The topological polar surface area (TPSA) is 108 Å². The lowest BCUT2D eigenvalue weighted by Gasteiger charge is -2.10. The van der Waals surface area contributed by atoms with Crippen molar-refractivity contribution in [2.24, 2.45) is 5.92 Å². The molecule has 4 rings (SSSR count). The van der Waals surface area contributed by atoms with E-state index in [-0.39, 0.29) is 18.1 Å². The first kappa shape index (κ1) is 19.3. The summed E-state index contributed by atoms with van der Waals surface area (Å²) >= 11 is 0. The van der Waals surface area contributed by atoms with Gasteiger partial charge in [-0.15, -0.1) is 0 Å². The predicted octanol–water partition coefficient (Wildman–Crippen LogP) is 3.46. The van der Waals surface area contributed by atoms with Crippen LogP contribution in [0, 0.1) is 16.0 Å². The maximum absolute atomic E-state index is 12.5. The Labute approximate surface area is 172 Å². The number of carbonyl (C=O) groups excluding carboxylic acids is 1. The molecule has 0 fully saturated rings. The molecule has 1 unspecified atom stereocenters. The molecule has 0 saturated heterocycles. The number of amides is 1. The van der Waals surface area contributed by atoms with Crippen molar-refractivity contribution >= 4 is 28.2 Å². The van der Waals surface area contributed by atoms with Crippen molar-refractivity contribution in [1.29, 1.82) is 0 Å². The summed E-state index contributed by atoms with van der Waals surface area (Å²) in [5, 5.41) is 24.2. The van der Waals surface area contributed by atoms with Gasteiger partial charge in [0.05, 0.1) is 23.9 Å². The van der Waals surface area contributed by atoms with Gasteiger partial charge in [-0.2, -0.15) is 10.2 Å². The summed E-state index contributed by atoms with van der Waals surface area (Å²) in [5.41, 5.74) is 1.04. The average Bonchev–Trinajstić information content (AvgIpc) is 3.38. The number of benzene rings is 2. The predicted molar refractivity (Wildman–Crippen MR) is 112 cm³/mol. The lowest BCUT2D eigenvalue weighted by atomic mass is 10.0. The smallest absolute Gasteiger partial charge is 0.306 e. The maximum atomic E-state index is 12.5. The largest absolute Gasteiger partial charge is 0.309 e. The maximum Gasteiger partial charge on any atom is 0.306 e. The number of fused-ring (bicyclic) bond motifs is 1. The lowest BCUT2D eigenvalue weighted by molar-refractivity contribution is -0.385. The van der Waals surface area contributed by atoms with Crippen LogP contribution in [0.1, 0.15) is 12.5 Å². The third kappa shape index (κ3) is 4.19. The highest BCUT2D eigenvalue weighted by atomic mass is 16.6. The van der Waals surface area contributed by atoms with Crippen LogP contribution in [0.15, 0.2) is 67.1 Å². The van der Waals surface area contributed by atoms with Gasteiger partial charge in [0.1, 0.15) is 12.4 Å². The van der Waals surface area contributed by atoms with E-state index in [1.54, 1.807) is 17.7 Å².